The molecule has 3 nitrogen and oxygen atoms in total. The number of benzene rings is 2. The predicted molar refractivity (Wildman–Crippen MR) is 101 cm³/mol. The van der Waals surface area contributed by atoms with E-state index in [9.17, 15) is 4.79 Å². The molecule has 3 aromatic rings. The zero-order valence-electron chi connectivity index (χ0n) is 14.3. The van der Waals surface area contributed by atoms with E-state index in [0.717, 1.165) is 40.7 Å². The highest BCUT2D eigenvalue weighted by atomic mass is 16.5. The standard InChI is InChI=1S/C22H23NO2/c24-14-17-6-9-22(25-15-16-4-2-1-3-5-16)20(12-17)18-7-8-21-19(13-18)10-11-23-21/h6-14,16,23H,1-5,15H2. The Bertz CT molecular complexity index is 875. The highest BCUT2D eigenvalue weighted by Gasteiger charge is 2.16. The smallest absolute Gasteiger partial charge is 0.150 e. The summed E-state index contributed by atoms with van der Waals surface area (Å²) in [5, 5.41) is 1.16. The number of hydrogen-bond donors (Lipinski definition) is 1. The van der Waals surface area contributed by atoms with Crippen LogP contribution in [0.15, 0.2) is 48.7 Å². The van der Waals surface area contributed by atoms with Gasteiger partial charge in [0.05, 0.1) is 6.61 Å². The summed E-state index contributed by atoms with van der Waals surface area (Å²) < 4.78 is 6.20. The molecule has 1 heterocycles. The van der Waals surface area contributed by atoms with Crippen LogP contribution in [0.3, 0.4) is 0 Å². The number of rotatable bonds is 5. The highest BCUT2D eigenvalue weighted by molar-refractivity contribution is 5.88. The van der Waals surface area contributed by atoms with Gasteiger partial charge in [0.25, 0.3) is 0 Å². The second kappa shape index (κ2) is 7.14. The average molecular weight is 333 g/mol. The molecule has 0 atom stereocenters. The Morgan fingerprint density at radius 2 is 1.92 bits per heavy atom. The molecular formula is C22H23NO2. The van der Waals surface area contributed by atoms with Crippen molar-refractivity contribution in [3.63, 3.8) is 0 Å². The lowest BCUT2D eigenvalue weighted by molar-refractivity contribution is 0.112. The molecule has 0 aliphatic heterocycles. The third-order valence-electron chi connectivity index (χ3n) is 5.20. The summed E-state index contributed by atoms with van der Waals surface area (Å²) in [7, 11) is 0. The number of carbonyl (C=O) groups is 1. The minimum absolute atomic E-state index is 0.652. The first-order chi connectivity index (χ1) is 12.3. The van der Waals surface area contributed by atoms with E-state index in [1.807, 2.05) is 24.4 Å². The van der Waals surface area contributed by atoms with Crippen molar-refractivity contribution in [3.05, 3.63) is 54.2 Å². The summed E-state index contributed by atoms with van der Waals surface area (Å²) in [6.07, 6.45) is 9.34. The minimum Gasteiger partial charge on any atom is -0.493 e. The van der Waals surface area contributed by atoms with E-state index in [0.29, 0.717) is 11.5 Å². The zero-order chi connectivity index (χ0) is 17.1. The summed E-state index contributed by atoms with van der Waals surface area (Å²) in [6, 6.07) is 14.1. The number of hydrogen-bond acceptors (Lipinski definition) is 2. The number of aromatic nitrogens is 1. The van der Waals surface area contributed by atoms with E-state index in [1.54, 1.807) is 0 Å². The maximum absolute atomic E-state index is 11.2. The van der Waals surface area contributed by atoms with E-state index >= 15 is 0 Å². The Balaban J connectivity index is 1.65. The molecule has 1 aliphatic rings. The van der Waals surface area contributed by atoms with Crippen LogP contribution in [0.5, 0.6) is 5.75 Å². The third kappa shape index (κ3) is 3.46. The van der Waals surface area contributed by atoms with Crippen LogP contribution in [0.1, 0.15) is 42.5 Å². The van der Waals surface area contributed by atoms with Crippen LogP contribution in [-0.2, 0) is 0 Å². The first kappa shape index (κ1) is 15.9. The molecule has 1 saturated carbocycles. The number of H-pyrrole nitrogens is 1. The lowest BCUT2D eigenvalue weighted by Crippen LogP contribution is -2.15. The Hall–Kier alpha value is -2.55. The molecule has 0 radical (unpaired) electrons. The van der Waals surface area contributed by atoms with Gasteiger partial charge < -0.3 is 9.72 Å². The van der Waals surface area contributed by atoms with E-state index in [2.05, 4.69) is 29.2 Å². The van der Waals surface area contributed by atoms with Crippen molar-refractivity contribution in [2.75, 3.05) is 6.61 Å². The van der Waals surface area contributed by atoms with Crippen LogP contribution in [0.4, 0.5) is 0 Å². The minimum atomic E-state index is 0.652. The van der Waals surface area contributed by atoms with Crippen LogP contribution >= 0.6 is 0 Å². The van der Waals surface area contributed by atoms with Gasteiger partial charge in [-0.3, -0.25) is 4.79 Å². The Morgan fingerprint density at radius 3 is 2.76 bits per heavy atom. The number of carbonyl (C=O) groups excluding carboxylic acids is 1. The molecule has 0 saturated heterocycles. The predicted octanol–water partition coefficient (Wildman–Crippen LogP) is 5.61. The number of aromatic amines is 1. The molecule has 1 N–H and O–H groups in total. The maximum Gasteiger partial charge on any atom is 0.150 e. The number of ether oxygens (including phenoxy) is 1. The van der Waals surface area contributed by atoms with Crippen molar-refractivity contribution in [3.8, 4) is 16.9 Å². The van der Waals surface area contributed by atoms with Crippen molar-refractivity contribution in [1.82, 2.24) is 4.98 Å². The summed E-state index contributed by atoms with van der Waals surface area (Å²) in [6.45, 7) is 0.764. The molecule has 4 rings (SSSR count). The van der Waals surface area contributed by atoms with Crippen LogP contribution < -0.4 is 4.74 Å². The topological polar surface area (TPSA) is 42.1 Å². The molecule has 0 bridgehead atoms. The monoisotopic (exact) mass is 333 g/mol. The van der Waals surface area contributed by atoms with Gasteiger partial charge in [-0.1, -0.05) is 25.3 Å². The lowest BCUT2D eigenvalue weighted by atomic mass is 9.90. The summed E-state index contributed by atoms with van der Waals surface area (Å²) in [4.78, 5) is 14.4. The quantitative estimate of drug-likeness (QED) is 0.617. The largest absolute Gasteiger partial charge is 0.493 e. The Labute approximate surface area is 148 Å². The van der Waals surface area contributed by atoms with Crippen LogP contribution in [0.2, 0.25) is 0 Å². The Kier molecular flexibility index (Phi) is 4.55. The van der Waals surface area contributed by atoms with Crippen molar-refractivity contribution >= 4 is 17.2 Å². The van der Waals surface area contributed by atoms with Crippen LogP contribution in [0.25, 0.3) is 22.0 Å². The van der Waals surface area contributed by atoms with Crippen molar-refractivity contribution in [1.29, 1.82) is 0 Å². The van der Waals surface area contributed by atoms with E-state index in [4.69, 9.17) is 4.74 Å². The van der Waals surface area contributed by atoms with Gasteiger partial charge in [0.15, 0.2) is 0 Å². The fourth-order valence-corrected chi connectivity index (χ4v) is 3.75. The molecule has 1 aliphatic carbocycles. The fourth-order valence-electron chi connectivity index (χ4n) is 3.75. The van der Waals surface area contributed by atoms with Gasteiger partial charge in [0.1, 0.15) is 12.0 Å². The molecule has 0 spiro atoms. The van der Waals surface area contributed by atoms with E-state index in [-0.39, 0.29) is 0 Å². The number of fused-ring (bicyclic) bond motifs is 1. The van der Waals surface area contributed by atoms with Gasteiger partial charge in [-0.15, -0.1) is 0 Å². The van der Waals surface area contributed by atoms with Gasteiger partial charge >= 0.3 is 0 Å². The first-order valence-corrected chi connectivity index (χ1v) is 9.13. The van der Waals surface area contributed by atoms with E-state index in [1.165, 1.54) is 32.1 Å². The first-order valence-electron chi connectivity index (χ1n) is 9.13. The summed E-state index contributed by atoms with van der Waals surface area (Å²) >= 11 is 0. The van der Waals surface area contributed by atoms with Crippen molar-refractivity contribution in [2.24, 2.45) is 5.92 Å². The van der Waals surface area contributed by atoms with Gasteiger partial charge in [-0.25, -0.2) is 0 Å². The molecule has 2 aromatic carbocycles. The summed E-state index contributed by atoms with van der Waals surface area (Å²) in [5.74, 6) is 1.52. The second-order valence-corrected chi connectivity index (χ2v) is 6.97. The summed E-state index contributed by atoms with van der Waals surface area (Å²) in [5.41, 5.74) is 3.85. The Morgan fingerprint density at radius 1 is 1.04 bits per heavy atom. The average Bonchev–Trinajstić information content (AvgIpc) is 3.15. The van der Waals surface area contributed by atoms with Crippen LogP contribution in [-0.4, -0.2) is 17.9 Å². The lowest BCUT2D eigenvalue weighted by Gasteiger charge is -2.22. The van der Waals surface area contributed by atoms with E-state index < -0.39 is 0 Å². The highest BCUT2D eigenvalue weighted by Crippen LogP contribution is 2.34. The van der Waals surface area contributed by atoms with Gasteiger partial charge in [-0.2, -0.15) is 0 Å². The molecule has 25 heavy (non-hydrogen) atoms. The molecule has 0 unspecified atom stereocenters. The van der Waals surface area contributed by atoms with Gasteiger partial charge in [0, 0.05) is 22.8 Å². The molecule has 128 valence electrons. The molecule has 1 aromatic heterocycles. The molecule has 3 heteroatoms. The molecule has 1 fully saturated rings. The third-order valence-corrected chi connectivity index (χ3v) is 5.20. The normalized spacial score (nSPS) is 15.4. The van der Waals surface area contributed by atoms with Crippen LogP contribution in [0, 0.1) is 5.92 Å². The maximum atomic E-state index is 11.2. The molecular weight excluding hydrogens is 310 g/mol. The zero-order valence-corrected chi connectivity index (χ0v) is 14.3. The number of nitrogens with one attached hydrogen (secondary N) is 1. The molecule has 0 amide bonds. The second-order valence-electron chi connectivity index (χ2n) is 6.97. The van der Waals surface area contributed by atoms with Gasteiger partial charge in [0.2, 0.25) is 0 Å². The SMILES string of the molecule is O=Cc1ccc(OCC2CCCCC2)c(-c2ccc3[nH]ccc3c2)c1. The number of aldehydes is 1. The fraction of sp³-hybridized carbons (Fsp3) is 0.318. The van der Waals surface area contributed by atoms with Crippen molar-refractivity contribution < 1.29 is 9.53 Å². The van der Waals surface area contributed by atoms with Gasteiger partial charge in [-0.05, 0) is 66.1 Å². The van der Waals surface area contributed by atoms with Crippen molar-refractivity contribution in [2.45, 2.75) is 32.1 Å².